The van der Waals surface area contributed by atoms with Gasteiger partial charge in [-0.2, -0.15) is 0 Å². The summed E-state index contributed by atoms with van der Waals surface area (Å²) < 4.78 is 5.99. The first-order valence-electron chi connectivity index (χ1n) is 6.89. The van der Waals surface area contributed by atoms with Crippen LogP contribution in [0.4, 0.5) is 0 Å². The Bertz CT molecular complexity index is 770. The highest BCUT2D eigenvalue weighted by Gasteiger charge is 2.06. The van der Waals surface area contributed by atoms with Crippen molar-refractivity contribution >= 4 is 22.5 Å². The van der Waals surface area contributed by atoms with Gasteiger partial charge in [-0.1, -0.05) is 30.3 Å². The van der Waals surface area contributed by atoms with Crippen LogP contribution in [-0.2, 0) is 12.5 Å². The van der Waals surface area contributed by atoms with Gasteiger partial charge < -0.3 is 4.74 Å². The maximum atomic E-state index is 5.99. The molecule has 3 heteroatoms. The zero-order valence-corrected chi connectivity index (χ0v) is 12.6. The van der Waals surface area contributed by atoms with Crippen molar-refractivity contribution in [1.82, 2.24) is 4.98 Å². The lowest BCUT2D eigenvalue weighted by Crippen LogP contribution is -2.00. The smallest absolute Gasteiger partial charge is 0.127 e. The molecule has 1 aromatic heterocycles. The van der Waals surface area contributed by atoms with Crippen molar-refractivity contribution in [3.8, 4) is 5.75 Å². The molecule has 0 atom stereocenters. The Hall–Kier alpha value is -2.06. The first-order chi connectivity index (χ1) is 10.3. The van der Waals surface area contributed by atoms with Gasteiger partial charge >= 0.3 is 0 Å². The molecule has 0 radical (unpaired) electrons. The van der Waals surface area contributed by atoms with Gasteiger partial charge in [-0.15, -0.1) is 11.6 Å². The predicted molar refractivity (Wildman–Crippen MR) is 86.8 cm³/mol. The highest BCUT2D eigenvalue weighted by molar-refractivity contribution is 6.17. The molecule has 3 rings (SSSR count). The van der Waals surface area contributed by atoms with Crippen LogP contribution in [0.15, 0.2) is 54.7 Å². The Labute approximate surface area is 129 Å². The van der Waals surface area contributed by atoms with Gasteiger partial charge in [-0.25, -0.2) is 0 Å². The topological polar surface area (TPSA) is 22.1 Å². The molecule has 0 aliphatic carbocycles. The lowest BCUT2D eigenvalue weighted by Gasteiger charge is -2.13. The molecule has 2 nitrogen and oxygen atoms in total. The number of ether oxygens (including phenoxy) is 1. The van der Waals surface area contributed by atoms with Crippen molar-refractivity contribution in [3.63, 3.8) is 0 Å². The van der Waals surface area contributed by atoms with Gasteiger partial charge in [0.2, 0.25) is 0 Å². The summed E-state index contributed by atoms with van der Waals surface area (Å²) >= 11 is 5.98. The highest BCUT2D eigenvalue weighted by atomic mass is 35.5. The number of rotatable bonds is 4. The molecule has 0 bridgehead atoms. The Morgan fingerprint density at radius 3 is 2.86 bits per heavy atom. The summed E-state index contributed by atoms with van der Waals surface area (Å²) in [7, 11) is 0. The van der Waals surface area contributed by atoms with Crippen molar-refractivity contribution in [2.24, 2.45) is 0 Å². The monoisotopic (exact) mass is 297 g/mol. The van der Waals surface area contributed by atoms with E-state index in [0.29, 0.717) is 12.5 Å². The predicted octanol–water partition coefficient (Wildman–Crippen LogP) is 4.86. The molecule has 0 saturated heterocycles. The SMILES string of the molecule is Cc1cccc(CCl)c1OCc1ccc2ncccc2c1. The summed E-state index contributed by atoms with van der Waals surface area (Å²) in [6.45, 7) is 2.56. The molecular formula is C18H16ClNO. The van der Waals surface area contributed by atoms with Gasteiger partial charge in [-0.3, -0.25) is 4.98 Å². The second kappa shape index (κ2) is 6.15. The fourth-order valence-electron chi connectivity index (χ4n) is 2.40. The van der Waals surface area contributed by atoms with Crippen LogP contribution < -0.4 is 4.74 Å². The molecule has 0 unspecified atom stereocenters. The number of alkyl halides is 1. The van der Waals surface area contributed by atoms with Gasteiger partial charge in [0.05, 0.1) is 11.4 Å². The molecule has 0 saturated carbocycles. The molecule has 0 spiro atoms. The van der Waals surface area contributed by atoms with Gasteiger partial charge in [0.1, 0.15) is 12.4 Å². The highest BCUT2D eigenvalue weighted by Crippen LogP contribution is 2.26. The van der Waals surface area contributed by atoms with Crippen molar-refractivity contribution in [2.75, 3.05) is 0 Å². The molecule has 21 heavy (non-hydrogen) atoms. The van der Waals surface area contributed by atoms with Crippen LogP contribution in [-0.4, -0.2) is 4.98 Å². The lowest BCUT2D eigenvalue weighted by molar-refractivity contribution is 0.302. The molecule has 1 heterocycles. The van der Waals surface area contributed by atoms with Crippen LogP contribution in [0.25, 0.3) is 10.9 Å². The number of fused-ring (bicyclic) bond motifs is 1. The van der Waals surface area contributed by atoms with Gasteiger partial charge in [0, 0.05) is 17.1 Å². The number of aromatic nitrogens is 1. The minimum absolute atomic E-state index is 0.457. The third-order valence-electron chi connectivity index (χ3n) is 3.49. The number of pyridine rings is 1. The zero-order chi connectivity index (χ0) is 14.7. The molecule has 0 aliphatic rings. The van der Waals surface area contributed by atoms with Crippen molar-refractivity contribution in [1.29, 1.82) is 0 Å². The fraction of sp³-hybridized carbons (Fsp3) is 0.167. The number of halogens is 1. The number of nitrogens with zero attached hydrogens (tertiary/aromatic N) is 1. The van der Waals surface area contributed by atoms with Crippen LogP contribution in [0.3, 0.4) is 0 Å². The van der Waals surface area contributed by atoms with Crippen molar-refractivity contribution in [3.05, 3.63) is 71.4 Å². The molecule has 0 amide bonds. The zero-order valence-electron chi connectivity index (χ0n) is 11.8. The molecule has 2 aromatic carbocycles. The van der Waals surface area contributed by atoms with Gasteiger partial charge in [-0.05, 0) is 36.2 Å². The van der Waals surface area contributed by atoms with E-state index in [1.165, 1.54) is 0 Å². The molecule has 0 N–H and O–H groups in total. The summed E-state index contributed by atoms with van der Waals surface area (Å²) in [5.74, 6) is 1.34. The first kappa shape index (κ1) is 13.9. The van der Waals surface area contributed by atoms with Gasteiger partial charge in [0.15, 0.2) is 0 Å². The Balaban J connectivity index is 1.83. The summed E-state index contributed by atoms with van der Waals surface area (Å²) in [5, 5.41) is 1.13. The number of hydrogen-bond acceptors (Lipinski definition) is 2. The maximum absolute atomic E-state index is 5.99. The Morgan fingerprint density at radius 2 is 2.00 bits per heavy atom. The molecule has 106 valence electrons. The van der Waals surface area contributed by atoms with E-state index in [-0.39, 0.29) is 0 Å². The van der Waals surface area contributed by atoms with Crippen LogP contribution in [0, 0.1) is 6.92 Å². The first-order valence-corrected chi connectivity index (χ1v) is 7.42. The van der Waals surface area contributed by atoms with Crippen molar-refractivity contribution < 1.29 is 4.74 Å². The average molecular weight is 298 g/mol. The number of para-hydroxylation sites is 1. The number of aryl methyl sites for hydroxylation is 1. The van der Waals surface area contributed by atoms with E-state index in [0.717, 1.165) is 33.3 Å². The van der Waals surface area contributed by atoms with E-state index < -0.39 is 0 Å². The van der Waals surface area contributed by atoms with Gasteiger partial charge in [0.25, 0.3) is 0 Å². The second-order valence-corrected chi connectivity index (χ2v) is 5.28. The summed E-state index contributed by atoms with van der Waals surface area (Å²) in [6, 6.07) is 16.2. The summed E-state index contributed by atoms with van der Waals surface area (Å²) in [4.78, 5) is 4.32. The normalized spacial score (nSPS) is 10.8. The minimum Gasteiger partial charge on any atom is -0.488 e. The molecular weight excluding hydrogens is 282 g/mol. The number of benzene rings is 2. The van der Waals surface area contributed by atoms with Crippen molar-refractivity contribution in [2.45, 2.75) is 19.4 Å². The second-order valence-electron chi connectivity index (χ2n) is 5.02. The Kier molecular flexibility index (Phi) is 4.07. The number of hydrogen-bond donors (Lipinski definition) is 0. The average Bonchev–Trinajstić information content (AvgIpc) is 2.53. The quantitative estimate of drug-likeness (QED) is 0.642. The largest absolute Gasteiger partial charge is 0.488 e. The van der Waals surface area contributed by atoms with Crippen LogP contribution in [0.2, 0.25) is 0 Å². The van der Waals surface area contributed by atoms with Crippen LogP contribution >= 0.6 is 11.6 Å². The lowest BCUT2D eigenvalue weighted by atomic mass is 10.1. The third-order valence-corrected chi connectivity index (χ3v) is 3.78. The van der Waals surface area contributed by atoms with E-state index in [1.807, 2.05) is 43.3 Å². The summed E-state index contributed by atoms with van der Waals surface area (Å²) in [5.41, 5.74) is 4.26. The van der Waals surface area contributed by atoms with E-state index in [1.54, 1.807) is 6.20 Å². The van der Waals surface area contributed by atoms with Crippen LogP contribution in [0.1, 0.15) is 16.7 Å². The standard InChI is InChI=1S/C18H16ClNO/c1-13-4-2-5-16(11-19)18(13)21-12-14-7-8-17-15(10-14)6-3-9-20-17/h2-10H,11-12H2,1H3. The fourth-order valence-corrected chi connectivity index (χ4v) is 2.61. The van der Waals surface area contributed by atoms with E-state index in [4.69, 9.17) is 16.3 Å². The van der Waals surface area contributed by atoms with E-state index >= 15 is 0 Å². The maximum Gasteiger partial charge on any atom is 0.127 e. The van der Waals surface area contributed by atoms with Crippen LogP contribution in [0.5, 0.6) is 5.75 Å². The molecule has 3 aromatic rings. The summed E-state index contributed by atoms with van der Waals surface area (Å²) in [6.07, 6.45) is 1.80. The Morgan fingerprint density at radius 1 is 1.10 bits per heavy atom. The minimum atomic E-state index is 0.457. The van der Waals surface area contributed by atoms with E-state index in [9.17, 15) is 0 Å². The van der Waals surface area contributed by atoms with E-state index in [2.05, 4.69) is 17.1 Å². The molecule has 0 fully saturated rings. The molecule has 0 aliphatic heterocycles. The third kappa shape index (κ3) is 3.01.